The molecule has 3 rings (SSSR count). The smallest absolute Gasteiger partial charge is 0.305 e. The van der Waals surface area contributed by atoms with Gasteiger partial charge in [-0.3, -0.25) is 4.79 Å². The molecule has 6 nitrogen and oxygen atoms in total. The molecular formula is C13H12F2N4O2. The van der Waals surface area contributed by atoms with Crippen LogP contribution in [0.25, 0.3) is 11.4 Å². The Morgan fingerprint density at radius 1 is 1.43 bits per heavy atom. The van der Waals surface area contributed by atoms with Crippen molar-refractivity contribution in [2.24, 2.45) is 5.92 Å². The molecule has 1 aliphatic rings. The summed E-state index contributed by atoms with van der Waals surface area (Å²) in [5.74, 6) is -2.82. The molecule has 110 valence electrons. The molecule has 0 bridgehead atoms. The van der Waals surface area contributed by atoms with E-state index in [1.807, 2.05) is 0 Å². The third-order valence-electron chi connectivity index (χ3n) is 3.55. The zero-order chi connectivity index (χ0) is 15.0. The SMILES string of the molecule is O=C(O)CC(C1CC1)n1nnnc1-c1cccc(F)c1F. The first-order valence-corrected chi connectivity index (χ1v) is 6.52. The van der Waals surface area contributed by atoms with Crippen LogP contribution in [0.2, 0.25) is 0 Å². The lowest BCUT2D eigenvalue weighted by molar-refractivity contribution is -0.138. The molecule has 0 aliphatic heterocycles. The highest BCUT2D eigenvalue weighted by Gasteiger charge is 2.36. The molecule has 1 fully saturated rings. The quantitative estimate of drug-likeness (QED) is 0.912. The fourth-order valence-electron chi connectivity index (χ4n) is 2.38. The molecule has 1 atom stereocenters. The lowest BCUT2D eigenvalue weighted by Crippen LogP contribution is -2.18. The first-order valence-electron chi connectivity index (χ1n) is 6.52. The van der Waals surface area contributed by atoms with E-state index >= 15 is 0 Å². The number of halogens is 2. The maximum atomic E-state index is 13.9. The monoisotopic (exact) mass is 294 g/mol. The van der Waals surface area contributed by atoms with E-state index in [1.54, 1.807) is 0 Å². The molecule has 1 N–H and O–H groups in total. The number of hydrogen-bond acceptors (Lipinski definition) is 4. The van der Waals surface area contributed by atoms with Gasteiger partial charge in [-0.05, 0) is 41.3 Å². The van der Waals surface area contributed by atoms with Gasteiger partial charge in [0.25, 0.3) is 0 Å². The Hall–Kier alpha value is -2.38. The molecule has 1 aliphatic carbocycles. The lowest BCUT2D eigenvalue weighted by Gasteiger charge is -2.15. The van der Waals surface area contributed by atoms with E-state index in [0.717, 1.165) is 18.9 Å². The highest BCUT2D eigenvalue weighted by Crippen LogP contribution is 2.42. The lowest BCUT2D eigenvalue weighted by atomic mass is 10.1. The van der Waals surface area contributed by atoms with Crippen LogP contribution in [-0.2, 0) is 4.79 Å². The summed E-state index contributed by atoms with van der Waals surface area (Å²) in [7, 11) is 0. The molecule has 0 spiro atoms. The van der Waals surface area contributed by atoms with Gasteiger partial charge in [0.2, 0.25) is 0 Å². The Kier molecular flexibility index (Phi) is 3.36. The number of rotatable bonds is 5. The number of hydrogen-bond donors (Lipinski definition) is 1. The maximum Gasteiger partial charge on any atom is 0.305 e. The molecule has 0 radical (unpaired) electrons. The Bertz CT molecular complexity index is 685. The van der Waals surface area contributed by atoms with Crippen molar-refractivity contribution in [2.45, 2.75) is 25.3 Å². The highest BCUT2D eigenvalue weighted by atomic mass is 19.2. The zero-order valence-corrected chi connectivity index (χ0v) is 10.9. The third kappa shape index (κ3) is 2.61. The summed E-state index contributed by atoms with van der Waals surface area (Å²) in [4.78, 5) is 11.0. The molecular weight excluding hydrogens is 282 g/mol. The van der Waals surface area contributed by atoms with E-state index < -0.39 is 23.6 Å². The van der Waals surface area contributed by atoms with Gasteiger partial charge in [-0.15, -0.1) is 5.10 Å². The van der Waals surface area contributed by atoms with Crippen LogP contribution in [0.5, 0.6) is 0 Å². The number of carbonyl (C=O) groups is 1. The number of carboxylic acids is 1. The van der Waals surface area contributed by atoms with Gasteiger partial charge in [0.05, 0.1) is 18.0 Å². The summed E-state index contributed by atoms with van der Waals surface area (Å²) in [6.07, 6.45) is 1.60. The summed E-state index contributed by atoms with van der Waals surface area (Å²) in [5, 5.41) is 20.0. The Labute approximate surface area is 118 Å². The fraction of sp³-hybridized carbons (Fsp3) is 0.385. The number of carboxylic acid groups (broad SMARTS) is 1. The zero-order valence-electron chi connectivity index (χ0n) is 10.9. The Morgan fingerprint density at radius 3 is 2.86 bits per heavy atom. The number of nitrogens with zero attached hydrogens (tertiary/aromatic N) is 4. The molecule has 0 amide bonds. The average molecular weight is 294 g/mol. The van der Waals surface area contributed by atoms with Crippen LogP contribution >= 0.6 is 0 Å². The second-order valence-electron chi connectivity index (χ2n) is 5.05. The van der Waals surface area contributed by atoms with Crippen molar-refractivity contribution in [1.29, 1.82) is 0 Å². The minimum absolute atomic E-state index is 0.0464. The van der Waals surface area contributed by atoms with E-state index in [1.165, 1.54) is 16.8 Å². The number of tetrazole rings is 1. The summed E-state index contributed by atoms with van der Waals surface area (Å²) >= 11 is 0. The van der Waals surface area contributed by atoms with Crippen LogP contribution in [0.1, 0.15) is 25.3 Å². The summed E-state index contributed by atoms with van der Waals surface area (Å²) in [6, 6.07) is 3.28. The molecule has 1 unspecified atom stereocenters. The van der Waals surface area contributed by atoms with E-state index in [4.69, 9.17) is 5.11 Å². The Balaban J connectivity index is 2.03. The first kappa shape index (κ1) is 13.6. The van der Waals surface area contributed by atoms with Gasteiger partial charge < -0.3 is 5.11 Å². The van der Waals surface area contributed by atoms with E-state index in [2.05, 4.69) is 15.5 Å². The van der Waals surface area contributed by atoms with Crippen molar-refractivity contribution in [3.8, 4) is 11.4 Å². The van der Waals surface area contributed by atoms with Gasteiger partial charge in [0, 0.05) is 0 Å². The van der Waals surface area contributed by atoms with E-state index in [-0.39, 0.29) is 23.7 Å². The van der Waals surface area contributed by atoms with Crippen molar-refractivity contribution < 1.29 is 18.7 Å². The van der Waals surface area contributed by atoms with Crippen LogP contribution in [0.3, 0.4) is 0 Å². The third-order valence-corrected chi connectivity index (χ3v) is 3.55. The van der Waals surface area contributed by atoms with Crippen molar-refractivity contribution in [2.75, 3.05) is 0 Å². The minimum atomic E-state index is -1.04. The van der Waals surface area contributed by atoms with Crippen molar-refractivity contribution in [1.82, 2.24) is 20.2 Å². The maximum absolute atomic E-state index is 13.9. The molecule has 1 aromatic carbocycles. The van der Waals surface area contributed by atoms with Crippen molar-refractivity contribution >= 4 is 5.97 Å². The minimum Gasteiger partial charge on any atom is -0.481 e. The molecule has 1 aromatic heterocycles. The molecule has 8 heteroatoms. The van der Waals surface area contributed by atoms with Crippen LogP contribution < -0.4 is 0 Å². The normalized spacial score (nSPS) is 15.9. The average Bonchev–Trinajstić information content (AvgIpc) is 3.17. The Morgan fingerprint density at radius 2 is 2.19 bits per heavy atom. The van der Waals surface area contributed by atoms with E-state index in [0.29, 0.717) is 0 Å². The van der Waals surface area contributed by atoms with E-state index in [9.17, 15) is 13.6 Å². The highest BCUT2D eigenvalue weighted by molar-refractivity contribution is 5.67. The van der Waals surface area contributed by atoms with Crippen LogP contribution in [0, 0.1) is 17.6 Å². The first-order chi connectivity index (χ1) is 10.1. The number of benzene rings is 1. The van der Waals surface area contributed by atoms with Gasteiger partial charge in [-0.1, -0.05) is 6.07 Å². The molecule has 0 saturated heterocycles. The van der Waals surface area contributed by atoms with Gasteiger partial charge in [-0.25, -0.2) is 13.5 Å². The summed E-state index contributed by atoms with van der Waals surface area (Å²) < 4.78 is 28.5. The molecule has 1 saturated carbocycles. The van der Waals surface area contributed by atoms with Gasteiger partial charge in [0.1, 0.15) is 0 Å². The predicted octanol–water partition coefficient (Wildman–Crippen LogP) is 2.04. The second-order valence-corrected chi connectivity index (χ2v) is 5.05. The summed E-state index contributed by atoms with van der Waals surface area (Å²) in [5.41, 5.74) is -0.0731. The fourth-order valence-corrected chi connectivity index (χ4v) is 2.38. The second kappa shape index (κ2) is 5.19. The van der Waals surface area contributed by atoms with Crippen molar-refractivity contribution in [3.63, 3.8) is 0 Å². The summed E-state index contributed by atoms with van der Waals surface area (Å²) in [6.45, 7) is 0. The number of aromatic nitrogens is 4. The topological polar surface area (TPSA) is 80.9 Å². The molecule has 21 heavy (non-hydrogen) atoms. The standard InChI is InChI=1S/C13H12F2N4O2/c14-9-3-1-2-8(12(9)15)13-16-17-18-19(13)10(6-11(20)21)7-4-5-7/h1-3,7,10H,4-6H2,(H,20,21). The van der Waals surface area contributed by atoms with Crippen LogP contribution in [0.15, 0.2) is 18.2 Å². The van der Waals surface area contributed by atoms with Gasteiger partial charge in [-0.2, -0.15) is 0 Å². The van der Waals surface area contributed by atoms with Gasteiger partial charge in [0.15, 0.2) is 17.5 Å². The largest absolute Gasteiger partial charge is 0.481 e. The van der Waals surface area contributed by atoms with Crippen LogP contribution in [0.4, 0.5) is 8.78 Å². The number of aliphatic carboxylic acids is 1. The van der Waals surface area contributed by atoms with Gasteiger partial charge >= 0.3 is 5.97 Å². The predicted molar refractivity (Wildman–Crippen MR) is 67.2 cm³/mol. The van der Waals surface area contributed by atoms with Crippen molar-refractivity contribution in [3.05, 3.63) is 29.8 Å². The molecule has 1 heterocycles. The van der Waals surface area contributed by atoms with Crippen LogP contribution in [-0.4, -0.2) is 31.3 Å². The molecule has 2 aromatic rings.